The second-order valence-corrected chi connectivity index (χ2v) is 8.76. The number of carbonyl (C=O) groups excluding carboxylic acids is 1. The number of morpholine rings is 1. The Labute approximate surface area is 175 Å². The fourth-order valence-electron chi connectivity index (χ4n) is 3.12. The van der Waals surface area contributed by atoms with Crippen molar-refractivity contribution in [2.75, 3.05) is 32.1 Å². The fraction of sp³-hybridized carbons (Fsp3) is 0.550. The summed E-state index contributed by atoms with van der Waals surface area (Å²) in [4.78, 5) is 14.4. The lowest BCUT2D eigenvalue weighted by molar-refractivity contribution is -0.134. The molecule has 158 valence electrons. The third-order valence-corrected chi connectivity index (χ3v) is 5.88. The minimum absolute atomic E-state index is 0.0560. The molecule has 0 saturated carbocycles. The summed E-state index contributed by atoms with van der Waals surface area (Å²) in [5, 5.41) is 8.48. The molecule has 0 aliphatic carbocycles. The zero-order valence-corrected chi connectivity index (χ0v) is 18.2. The molecule has 2 heterocycles. The summed E-state index contributed by atoms with van der Waals surface area (Å²) < 4.78 is 12.7. The van der Waals surface area contributed by atoms with Gasteiger partial charge in [-0.05, 0) is 37.0 Å². The van der Waals surface area contributed by atoms with Gasteiger partial charge < -0.3 is 20.2 Å². The number of benzene rings is 1. The maximum atomic E-state index is 12.6. The van der Waals surface area contributed by atoms with Gasteiger partial charge >= 0.3 is 0 Å². The van der Waals surface area contributed by atoms with Crippen molar-refractivity contribution in [1.29, 1.82) is 0 Å². The second-order valence-electron chi connectivity index (χ2n) is 7.45. The Hall–Kier alpha value is -2.26. The number of aromatic nitrogens is 3. The highest BCUT2D eigenvalue weighted by molar-refractivity contribution is 8.00. The summed E-state index contributed by atoms with van der Waals surface area (Å²) in [5.41, 5.74) is 2.27. The van der Waals surface area contributed by atoms with Gasteiger partial charge in [0.25, 0.3) is 0 Å². The topological polar surface area (TPSA) is 95.5 Å². The molecule has 1 fully saturated rings. The van der Waals surface area contributed by atoms with E-state index >= 15 is 0 Å². The van der Waals surface area contributed by atoms with E-state index in [0.717, 1.165) is 16.9 Å². The molecule has 2 aromatic rings. The minimum Gasteiger partial charge on any atom is -0.485 e. The summed E-state index contributed by atoms with van der Waals surface area (Å²) in [5.74, 6) is 7.91. The van der Waals surface area contributed by atoms with E-state index in [2.05, 4.69) is 36.2 Å². The van der Waals surface area contributed by atoms with Gasteiger partial charge in [-0.25, -0.2) is 4.68 Å². The van der Waals surface area contributed by atoms with Gasteiger partial charge in [0.1, 0.15) is 12.4 Å². The smallest absolute Gasteiger partial charge is 0.236 e. The Morgan fingerprint density at radius 2 is 2.00 bits per heavy atom. The fourth-order valence-corrected chi connectivity index (χ4v) is 3.99. The molecule has 0 radical (unpaired) electrons. The molecule has 3 rings (SSSR count). The standard InChI is InChI=1S/C20H29N5O3S/c1-13(2)16-6-5-14(3)11-17(16)28-12-18-22-23-20(25(18)21)29-15(4)19(26)24-7-9-27-10-8-24/h5-6,11,13,15H,7-10,12,21H2,1-4H3. The van der Waals surface area contributed by atoms with E-state index in [9.17, 15) is 4.79 Å². The minimum atomic E-state index is -0.308. The van der Waals surface area contributed by atoms with Crippen molar-refractivity contribution >= 4 is 17.7 Å². The maximum absolute atomic E-state index is 12.6. The summed E-state index contributed by atoms with van der Waals surface area (Å²) in [7, 11) is 0. The largest absolute Gasteiger partial charge is 0.485 e. The van der Waals surface area contributed by atoms with Crippen LogP contribution in [-0.2, 0) is 16.1 Å². The zero-order chi connectivity index (χ0) is 21.0. The molecule has 1 aromatic heterocycles. The van der Waals surface area contributed by atoms with Crippen LogP contribution in [0.4, 0.5) is 0 Å². The molecule has 1 atom stereocenters. The van der Waals surface area contributed by atoms with Crippen LogP contribution in [0.15, 0.2) is 23.4 Å². The van der Waals surface area contributed by atoms with E-state index in [-0.39, 0.29) is 17.8 Å². The molecule has 9 heteroatoms. The lowest BCUT2D eigenvalue weighted by Gasteiger charge is -2.28. The number of ether oxygens (including phenoxy) is 2. The predicted octanol–water partition coefficient (Wildman–Crippen LogP) is 2.34. The van der Waals surface area contributed by atoms with Crippen molar-refractivity contribution in [2.24, 2.45) is 0 Å². The molecule has 1 aliphatic heterocycles. The average Bonchev–Trinajstić information content (AvgIpc) is 3.05. The number of hydrogen-bond acceptors (Lipinski definition) is 7. The Kier molecular flexibility index (Phi) is 7.02. The molecule has 1 unspecified atom stereocenters. The van der Waals surface area contributed by atoms with Crippen LogP contribution in [-0.4, -0.2) is 57.2 Å². The van der Waals surface area contributed by atoms with Crippen molar-refractivity contribution in [3.05, 3.63) is 35.2 Å². The molecule has 0 spiro atoms. The van der Waals surface area contributed by atoms with Gasteiger partial charge in [-0.2, -0.15) is 0 Å². The second kappa shape index (κ2) is 9.49. The summed E-state index contributed by atoms with van der Waals surface area (Å²) in [6.45, 7) is 10.7. The number of aryl methyl sites for hydroxylation is 1. The molecule has 1 saturated heterocycles. The van der Waals surface area contributed by atoms with E-state index in [1.54, 1.807) is 0 Å². The van der Waals surface area contributed by atoms with Crippen molar-refractivity contribution in [1.82, 2.24) is 19.8 Å². The first-order chi connectivity index (χ1) is 13.9. The average molecular weight is 420 g/mol. The highest BCUT2D eigenvalue weighted by atomic mass is 32.2. The molecule has 1 aliphatic rings. The van der Waals surface area contributed by atoms with Crippen molar-refractivity contribution in [3.63, 3.8) is 0 Å². The Morgan fingerprint density at radius 3 is 2.69 bits per heavy atom. The number of rotatable bonds is 7. The van der Waals surface area contributed by atoms with E-state index in [1.165, 1.54) is 16.4 Å². The first-order valence-electron chi connectivity index (χ1n) is 9.82. The molecule has 1 amide bonds. The first kappa shape index (κ1) is 21.4. The predicted molar refractivity (Wildman–Crippen MR) is 112 cm³/mol. The molecule has 0 bridgehead atoms. The number of carbonyl (C=O) groups is 1. The third kappa shape index (κ3) is 5.22. The quantitative estimate of drug-likeness (QED) is 0.544. The van der Waals surface area contributed by atoms with Gasteiger partial charge in [-0.3, -0.25) is 4.79 Å². The number of nitrogens with zero attached hydrogens (tertiary/aromatic N) is 4. The Morgan fingerprint density at radius 1 is 1.28 bits per heavy atom. The van der Waals surface area contributed by atoms with Crippen LogP contribution in [0, 0.1) is 6.92 Å². The highest BCUT2D eigenvalue weighted by Gasteiger charge is 2.25. The normalized spacial score (nSPS) is 15.6. The number of amides is 1. The lowest BCUT2D eigenvalue weighted by atomic mass is 10.0. The molecular formula is C20H29N5O3S. The zero-order valence-electron chi connectivity index (χ0n) is 17.4. The Bertz CT molecular complexity index is 849. The van der Waals surface area contributed by atoms with Gasteiger partial charge in [0, 0.05) is 13.1 Å². The number of nitrogens with two attached hydrogens (primary N) is 1. The van der Waals surface area contributed by atoms with Crippen LogP contribution in [0.5, 0.6) is 5.75 Å². The van der Waals surface area contributed by atoms with Crippen LogP contribution >= 0.6 is 11.8 Å². The van der Waals surface area contributed by atoms with E-state index in [1.807, 2.05) is 24.8 Å². The Balaban J connectivity index is 1.64. The van der Waals surface area contributed by atoms with E-state index < -0.39 is 0 Å². The van der Waals surface area contributed by atoms with Crippen molar-refractivity contribution < 1.29 is 14.3 Å². The van der Waals surface area contributed by atoms with Crippen LogP contribution in [0.1, 0.15) is 43.6 Å². The molecule has 8 nitrogen and oxygen atoms in total. The lowest BCUT2D eigenvalue weighted by Crippen LogP contribution is -2.44. The molecule has 29 heavy (non-hydrogen) atoms. The number of hydrogen-bond donors (Lipinski definition) is 1. The monoisotopic (exact) mass is 419 g/mol. The molecular weight excluding hydrogens is 390 g/mol. The number of nitrogen functional groups attached to an aromatic ring is 1. The summed E-state index contributed by atoms with van der Waals surface area (Å²) in [6.07, 6.45) is 0. The molecule has 2 N–H and O–H groups in total. The first-order valence-corrected chi connectivity index (χ1v) is 10.7. The number of thioether (sulfide) groups is 1. The van der Waals surface area contributed by atoms with Gasteiger partial charge in [0.15, 0.2) is 5.82 Å². The van der Waals surface area contributed by atoms with E-state index in [4.69, 9.17) is 15.3 Å². The summed E-state index contributed by atoms with van der Waals surface area (Å²) in [6, 6.07) is 6.18. The van der Waals surface area contributed by atoms with Gasteiger partial charge in [0.05, 0.1) is 18.5 Å². The third-order valence-electron chi connectivity index (χ3n) is 4.84. The van der Waals surface area contributed by atoms with Gasteiger partial charge in [0.2, 0.25) is 11.1 Å². The van der Waals surface area contributed by atoms with Gasteiger partial charge in [-0.1, -0.05) is 37.7 Å². The SMILES string of the molecule is Cc1ccc(C(C)C)c(OCc2nnc(SC(C)C(=O)N3CCOCC3)n2N)c1. The van der Waals surface area contributed by atoms with Gasteiger partial charge in [-0.15, -0.1) is 10.2 Å². The maximum Gasteiger partial charge on any atom is 0.236 e. The van der Waals surface area contributed by atoms with Crippen molar-refractivity contribution in [3.8, 4) is 5.75 Å². The summed E-state index contributed by atoms with van der Waals surface area (Å²) >= 11 is 1.30. The van der Waals surface area contributed by atoms with Crippen molar-refractivity contribution in [2.45, 2.75) is 50.6 Å². The van der Waals surface area contributed by atoms with Crippen LogP contribution in [0.2, 0.25) is 0 Å². The van der Waals surface area contributed by atoms with E-state index in [0.29, 0.717) is 43.2 Å². The highest BCUT2D eigenvalue weighted by Crippen LogP contribution is 2.28. The molecule has 1 aromatic carbocycles. The van der Waals surface area contributed by atoms with Crippen LogP contribution < -0.4 is 10.6 Å². The van der Waals surface area contributed by atoms with Crippen LogP contribution in [0.3, 0.4) is 0 Å². The van der Waals surface area contributed by atoms with Crippen LogP contribution in [0.25, 0.3) is 0 Å².